The van der Waals surface area contributed by atoms with Crippen LogP contribution in [0, 0.1) is 16.9 Å². The number of allylic oxidation sites excluding steroid dienone is 2. The summed E-state index contributed by atoms with van der Waals surface area (Å²) in [6, 6.07) is 22.6. The van der Waals surface area contributed by atoms with E-state index in [2.05, 4.69) is 74.3 Å². The number of hydrogen-bond donors (Lipinski definition) is 1. The van der Waals surface area contributed by atoms with Crippen LogP contribution in [-0.4, -0.2) is 20.9 Å². The van der Waals surface area contributed by atoms with Gasteiger partial charge in [-0.1, -0.05) is 91.5 Å². The van der Waals surface area contributed by atoms with Crippen molar-refractivity contribution >= 4 is 49.1 Å². The van der Waals surface area contributed by atoms with Crippen molar-refractivity contribution in [2.75, 3.05) is 0 Å². The Kier molecular flexibility index (Phi) is 12.3. The molecule has 0 saturated heterocycles. The van der Waals surface area contributed by atoms with E-state index in [1.165, 1.54) is 22.4 Å². The molecule has 1 radical (unpaired) electrons. The molecule has 0 aliphatic carbocycles. The van der Waals surface area contributed by atoms with Crippen LogP contribution in [0.15, 0.2) is 89.5 Å². The zero-order chi connectivity index (χ0) is 35.6. The maximum atomic E-state index is 12.2. The fourth-order valence-electron chi connectivity index (χ4n) is 6.02. The molecule has 7 heteroatoms. The second-order valence-corrected chi connectivity index (χ2v) is 15.6. The van der Waals surface area contributed by atoms with Gasteiger partial charge in [0.05, 0.1) is 6.26 Å². The quantitative estimate of drug-likeness (QED) is 0.0890. The van der Waals surface area contributed by atoms with Crippen molar-refractivity contribution in [1.29, 1.82) is 0 Å². The molecule has 0 fully saturated rings. The first-order chi connectivity index (χ1) is 23.3. The third-order valence-corrected chi connectivity index (χ3v) is 11.7. The zero-order valence-electron chi connectivity index (χ0n) is 30.7. The largest absolute Gasteiger partial charge is 0.512 e. The molecule has 6 rings (SSSR count). The van der Waals surface area contributed by atoms with Gasteiger partial charge in [0.15, 0.2) is 11.4 Å². The van der Waals surface area contributed by atoms with Gasteiger partial charge in [0.1, 0.15) is 11.3 Å². The molecule has 0 aliphatic heterocycles. The normalized spacial score (nSPS) is 12.5. The molecule has 0 bridgehead atoms. The molecule has 4 heterocycles. The Morgan fingerprint density at radius 2 is 1.54 bits per heavy atom. The van der Waals surface area contributed by atoms with Gasteiger partial charge in [0.2, 0.25) is 0 Å². The Hall–Kier alpha value is -3.64. The van der Waals surface area contributed by atoms with Gasteiger partial charge in [-0.3, -0.25) is 14.8 Å². The minimum atomic E-state index is -0.337. The molecule has 0 spiro atoms. The topological polar surface area (TPSA) is 76.2 Å². The molecule has 265 valence electrons. The van der Waals surface area contributed by atoms with Crippen molar-refractivity contribution < 1.29 is 34.4 Å². The van der Waals surface area contributed by atoms with E-state index in [-0.39, 0.29) is 47.9 Å². The van der Waals surface area contributed by atoms with E-state index in [1.807, 2.05) is 66.1 Å². The molecular weight excluding hydrogens is 817 g/mol. The number of thiophene rings is 1. The summed E-state index contributed by atoms with van der Waals surface area (Å²) in [7, 11) is 0. The number of furan rings is 1. The molecule has 0 saturated carbocycles. The molecule has 1 N–H and O–H groups in total. The van der Waals surface area contributed by atoms with Crippen LogP contribution in [-0.2, 0) is 30.3 Å². The summed E-state index contributed by atoms with van der Waals surface area (Å²) in [5.74, 6) is 0.286. The number of aromatic nitrogens is 2. The van der Waals surface area contributed by atoms with Crippen LogP contribution in [0.2, 0.25) is 0 Å². The number of pyridine rings is 2. The van der Waals surface area contributed by atoms with Crippen molar-refractivity contribution in [1.82, 2.24) is 9.97 Å². The number of rotatable bonds is 9. The molecule has 4 aromatic heterocycles. The Bertz CT molecular complexity index is 2130. The fraction of sp³-hybridized carbons (Fsp3) is 0.372. The van der Waals surface area contributed by atoms with Gasteiger partial charge < -0.3 is 9.52 Å². The van der Waals surface area contributed by atoms with E-state index in [1.54, 1.807) is 17.6 Å². The van der Waals surface area contributed by atoms with Crippen LogP contribution in [0.3, 0.4) is 0 Å². The van der Waals surface area contributed by atoms with Gasteiger partial charge >= 0.3 is 0 Å². The van der Waals surface area contributed by atoms with E-state index in [4.69, 9.17) is 9.40 Å². The van der Waals surface area contributed by atoms with Gasteiger partial charge in [-0.05, 0) is 54.7 Å². The summed E-state index contributed by atoms with van der Waals surface area (Å²) in [4.78, 5) is 22.5. The SMILES string of the molecule is CC(C)(C)c1cc(-c2nccc3cc(-c4ccnc5ccoc45)sc23)[c-]c2ccccc12.CCC(C)(CC)C(=O)/C=C(\O)C(C)(CC)CC.[Ir]. The van der Waals surface area contributed by atoms with Crippen LogP contribution in [0.25, 0.3) is 53.7 Å². The van der Waals surface area contributed by atoms with Crippen LogP contribution in [0.5, 0.6) is 0 Å². The molecule has 6 aromatic rings. The van der Waals surface area contributed by atoms with E-state index in [0.29, 0.717) is 0 Å². The smallest absolute Gasteiger partial charge is 0.164 e. The van der Waals surface area contributed by atoms with Gasteiger partial charge in [0, 0.05) is 76.3 Å². The number of aliphatic hydroxyl groups is 1. The van der Waals surface area contributed by atoms with Gasteiger partial charge in [-0.25, -0.2) is 0 Å². The molecule has 0 atom stereocenters. The minimum Gasteiger partial charge on any atom is -0.512 e. The number of carbonyl (C=O) groups excluding carboxylic acids is 1. The number of ketones is 1. The molecule has 0 amide bonds. The Labute approximate surface area is 314 Å². The number of aliphatic hydroxyl groups excluding tert-OH is 1. The average Bonchev–Trinajstić information content (AvgIpc) is 3.78. The monoisotopic (exact) mass is 866 g/mol. The van der Waals surface area contributed by atoms with Gasteiger partial charge in [-0.2, -0.15) is 0 Å². The fourth-order valence-corrected chi connectivity index (χ4v) is 7.20. The Morgan fingerprint density at radius 1 is 0.880 bits per heavy atom. The standard InChI is InChI=1S/C28H21N2OS.C15H28O2.Ir/c1-28(2,3)22-15-19(14-17-6-4-5-7-20(17)22)25-27-18(8-11-30-25)16-24(32-27)21-9-12-29-23-10-13-31-26(21)23;1-7-14(5,8-2)12(16)11-13(17)15(6,9-3)10-4;/h4-13,15-16H,1-3H3;11,16H,7-10H2,1-6H3;/q-1;;/b;12-11-;. The molecular formula is C43H49IrN2O3S-. The summed E-state index contributed by atoms with van der Waals surface area (Å²) in [5, 5.41) is 13.7. The average molecular weight is 866 g/mol. The van der Waals surface area contributed by atoms with E-state index >= 15 is 0 Å². The first-order valence-electron chi connectivity index (χ1n) is 17.4. The van der Waals surface area contributed by atoms with E-state index in [0.717, 1.165) is 68.6 Å². The van der Waals surface area contributed by atoms with Crippen molar-refractivity contribution in [3.63, 3.8) is 0 Å². The molecule has 50 heavy (non-hydrogen) atoms. The van der Waals surface area contributed by atoms with Crippen LogP contribution < -0.4 is 0 Å². The van der Waals surface area contributed by atoms with Crippen molar-refractivity contribution in [2.24, 2.45) is 10.8 Å². The van der Waals surface area contributed by atoms with Crippen molar-refractivity contribution in [2.45, 2.75) is 93.4 Å². The molecule has 5 nitrogen and oxygen atoms in total. The maximum Gasteiger partial charge on any atom is 0.164 e. The maximum absolute atomic E-state index is 12.2. The first-order valence-corrected chi connectivity index (χ1v) is 18.2. The van der Waals surface area contributed by atoms with Crippen LogP contribution in [0.1, 0.15) is 93.6 Å². The van der Waals surface area contributed by atoms with Crippen LogP contribution in [0.4, 0.5) is 0 Å². The van der Waals surface area contributed by atoms with Gasteiger partial charge in [-0.15, -0.1) is 40.5 Å². The zero-order valence-corrected chi connectivity index (χ0v) is 33.9. The number of fused-ring (bicyclic) bond motifs is 3. The third-order valence-electron chi connectivity index (χ3n) is 10.5. The molecule has 0 aliphatic rings. The summed E-state index contributed by atoms with van der Waals surface area (Å²) in [6.07, 6.45) is 10.2. The van der Waals surface area contributed by atoms with Crippen molar-refractivity contribution in [3.05, 3.63) is 96.7 Å². The summed E-state index contributed by atoms with van der Waals surface area (Å²) < 4.78 is 6.90. The molecule has 2 aromatic carbocycles. The summed E-state index contributed by atoms with van der Waals surface area (Å²) in [6.45, 7) is 18.9. The predicted molar refractivity (Wildman–Crippen MR) is 206 cm³/mol. The first kappa shape index (κ1) is 39.2. The Balaban J connectivity index is 0.000000269. The second kappa shape index (κ2) is 15.7. The Morgan fingerprint density at radius 3 is 2.20 bits per heavy atom. The number of hydrogen-bond acceptors (Lipinski definition) is 6. The van der Waals surface area contributed by atoms with Crippen LogP contribution >= 0.6 is 11.3 Å². The van der Waals surface area contributed by atoms with E-state index < -0.39 is 0 Å². The van der Waals surface area contributed by atoms with Gasteiger partial charge in [0.25, 0.3) is 0 Å². The summed E-state index contributed by atoms with van der Waals surface area (Å²) >= 11 is 1.74. The number of nitrogens with zero attached hydrogens (tertiary/aromatic N) is 2. The third kappa shape index (κ3) is 7.81. The van der Waals surface area contributed by atoms with E-state index in [9.17, 15) is 9.90 Å². The predicted octanol–water partition coefficient (Wildman–Crippen LogP) is 12.7. The summed E-state index contributed by atoms with van der Waals surface area (Å²) in [5.41, 5.74) is 5.48. The number of benzene rings is 2. The number of carbonyl (C=O) groups is 1. The molecule has 0 unspecified atom stereocenters. The second-order valence-electron chi connectivity index (χ2n) is 14.5. The van der Waals surface area contributed by atoms with Crippen molar-refractivity contribution in [3.8, 4) is 21.7 Å². The minimum absolute atomic E-state index is 0.